The van der Waals surface area contributed by atoms with Crippen molar-refractivity contribution >= 4 is 0 Å². The van der Waals surface area contributed by atoms with Crippen LogP contribution in [0.1, 0.15) is 13.3 Å². The van der Waals surface area contributed by atoms with Crippen molar-refractivity contribution in [3.05, 3.63) is 0 Å². The van der Waals surface area contributed by atoms with E-state index in [1.165, 1.54) is 0 Å². The van der Waals surface area contributed by atoms with Crippen LogP contribution in [0.2, 0.25) is 0 Å². The molecule has 0 amide bonds. The lowest BCUT2D eigenvalue weighted by Gasteiger charge is -1.71. The second-order valence-electron chi connectivity index (χ2n) is 0.927. The molecule has 1 radical (unpaired) electrons. The second-order valence-corrected chi connectivity index (χ2v) is 0.927. The van der Waals surface area contributed by atoms with Crippen molar-refractivity contribution in [2.75, 3.05) is 6.54 Å². The summed E-state index contributed by atoms with van der Waals surface area (Å²) in [7, 11) is 0. The van der Waals surface area contributed by atoms with Crippen LogP contribution < -0.4 is 5.73 Å². The van der Waals surface area contributed by atoms with E-state index in [1.807, 2.05) is 0 Å². The molecule has 1 N–H and O–H groups in total. The molecule has 0 fully saturated rings. The van der Waals surface area contributed by atoms with Gasteiger partial charge in [0.1, 0.15) is 0 Å². The quantitative estimate of drug-likeness (QED) is 0.415. The second kappa shape index (κ2) is 4.52. The van der Waals surface area contributed by atoms with E-state index < -0.39 is 0 Å². The van der Waals surface area contributed by atoms with Crippen LogP contribution in [0, 0.1) is 11.8 Å². The average molecular weight is 82.1 g/mol. The standard InChI is InChI=1S/C5H8N/c1-2-3-4-5-6/h6H,4-5H2,1H3. The molecule has 0 saturated carbocycles. The van der Waals surface area contributed by atoms with Gasteiger partial charge in [0.15, 0.2) is 0 Å². The van der Waals surface area contributed by atoms with E-state index in [1.54, 1.807) is 6.92 Å². The maximum absolute atomic E-state index is 6.60. The van der Waals surface area contributed by atoms with E-state index in [2.05, 4.69) is 11.8 Å². The van der Waals surface area contributed by atoms with Crippen molar-refractivity contribution in [1.82, 2.24) is 5.73 Å². The molecule has 0 aromatic carbocycles. The molecule has 0 spiro atoms. The summed E-state index contributed by atoms with van der Waals surface area (Å²) in [5.41, 5.74) is 6.60. The van der Waals surface area contributed by atoms with Gasteiger partial charge in [-0.05, 0) is 6.92 Å². The van der Waals surface area contributed by atoms with Crippen molar-refractivity contribution in [2.45, 2.75) is 13.3 Å². The van der Waals surface area contributed by atoms with Crippen molar-refractivity contribution in [2.24, 2.45) is 0 Å². The largest absolute Gasteiger partial charge is 0.257 e. The number of rotatable bonds is 1. The van der Waals surface area contributed by atoms with E-state index in [-0.39, 0.29) is 0 Å². The van der Waals surface area contributed by atoms with Crippen molar-refractivity contribution in [1.29, 1.82) is 0 Å². The first-order valence-electron chi connectivity index (χ1n) is 1.96. The van der Waals surface area contributed by atoms with Crippen molar-refractivity contribution in [3.8, 4) is 11.8 Å². The predicted octanol–water partition coefficient (Wildman–Crippen LogP) is 0.683. The molecule has 0 aromatic rings. The molecule has 0 aliphatic rings. The smallest absolute Gasteiger partial charge is 0.0228 e. The maximum atomic E-state index is 6.60. The molecule has 0 bridgehead atoms. The van der Waals surface area contributed by atoms with Gasteiger partial charge >= 0.3 is 0 Å². The van der Waals surface area contributed by atoms with Crippen LogP contribution in [0.15, 0.2) is 0 Å². The minimum absolute atomic E-state index is 0.431. The van der Waals surface area contributed by atoms with Crippen LogP contribution in [0.3, 0.4) is 0 Å². The number of hydrogen-bond donors (Lipinski definition) is 0. The Morgan fingerprint density at radius 2 is 2.33 bits per heavy atom. The van der Waals surface area contributed by atoms with Gasteiger partial charge in [-0.25, -0.2) is 0 Å². The monoisotopic (exact) mass is 82.1 g/mol. The van der Waals surface area contributed by atoms with Gasteiger partial charge < -0.3 is 0 Å². The third kappa shape index (κ3) is 3.52. The summed E-state index contributed by atoms with van der Waals surface area (Å²) in [6, 6.07) is 0. The molecular formula is C5H8N. The summed E-state index contributed by atoms with van der Waals surface area (Å²) < 4.78 is 0. The third-order valence-electron chi connectivity index (χ3n) is 0.427. The maximum Gasteiger partial charge on any atom is 0.0228 e. The Hall–Kier alpha value is -0.480. The number of hydrogen-bond acceptors (Lipinski definition) is 0. The topological polar surface area (TPSA) is 23.8 Å². The lowest BCUT2D eigenvalue weighted by molar-refractivity contribution is 0.998. The lowest BCUT2D eigenvalue weighted by Crippen LogP contribution is -1.77. The molecule has 0 atom stereocenters. The van der Waals surface area contributed by atoms with E-state index in [4.69, 9.17) is 5.73 Å². The summed E-state index contributed by atoms with van der Waals surface area (Å²) in [6.45, 7) is 2.22. The molecule has 0 aromatic heterocycles. The van der Waals surface area contributed by atoms with Gasteiger partial charge in [0.2, 0.25) is 0 Å². The van der Waals surface area contributed by atoms with Crippen molar-refractivity contribution in [3.63, 3.8) is 0 Å². The van der Waals surface area contributed by atoms with Crippen LogP contribution in [0.5, 0.6) is 0 Å². The van der Waals surface area contributed by atoms with E-state index in [9.17, 15) is 0 Å². The van der Waals surface area contributed by atoms with E-state index in [0.29, 0.717) is 6.54 Å². The molecule has 0 unspecified atom stereocenters. The zero-order chi connectivity index (χ0) is 4.83. The third-order valence-corrected chi connectivity index (χ3v) is 0.427. The number of nitrogens with one attached hydrogen (secondary N) is 1. The molecular weight excluding hydrogens is 74.1 g/mol. The fourth-order valence-corrected chi connectivity index (χ4v) is 0.187. The minimum Gasteiger partial charge on any atom is -0.257 e. The van der Waals surface area contributed by atoms with Crippen LogP contribution in [-0.4, -0.2) is 6.54 Å². The molecule has 0 heterocycles. The predicted molar refractivity (Wildman–Crippen MR) is 26.0 cm³/mol. The lowest BCUT2D eigenvalue weighted by atomic mass is 10.4. The van der Waals surface area contributed by atoms with Crippen LogP contribution in [0.4, 0.5) is 0 Å². The van der Waals surface area contributed by atoms with Gasteiger partial charge in [-0.1, -0.05) is 0 Å². The first-order chi connectivity index (χ1) is 2.91. The van der Waals surface area contributed by atoms with Gasteiger partial charge in [0, 0.05) is 13.0 Å². The average Bonchev–Trinajstić information content (AvgIpc) is 1.61. The molecule has 0 aliphatic carbocycles. The molecule has 1 heteroatoms. The van der Waals surface area contributed by atoms with E-state index in [0.717, 1.165) is 6.42 Å². The fourth-order valence-electron chi connectivity index (χ4n) is 0.187. The van der Waals surface area contributed by atoms with Gasteiger partial charge in [0.25, 0.3) is 0 Å². The van der Waals surface area contributed by atoms with Crippen LogP contribution in [0.25, 0.3) is 0 Å². The molecule has 0 aliphatic heterocycles. The first kappa shape index (κ1) is 5.52. The molecule has 0 saturated heterocycles. The summed E-state index contributed by atoms with van der Waals surface area (Å²) in [5.74, 6) is 5.46. The highest BCUT2D eigenvalue weighted by molar-refractivity contribution is 4.94. The fraction of sp³-hybridized carbons (Fsp3) is 0.600. The Balaban J connectivity index is 2.79. The Morgan fingerprint density at radius 1 is 1.67 bits per heavy atom. The SMILES string of the molecule is CC#CCC[NH]. The Morgan fingerprint density at radius 3 is 2.50 bits per heavy atom. The van der Waals surface area contributed by atoms with Crippen LogP contribution in [-0.2, 0) is 0 Å². The van der Waals surface area contributed by atoms with Gasteiger partial charge in [-0.2, -0.15) is 0 Å². The van der Waals surface area contributed by atoms with Gasteiger partial charge in [-0.3, -0.25) is 5.73 Å². The highest BCUT2D eigenvalue weighted by Gasteiger charge is 1.64. The normalized spacial score (nSPS) is 6.33. The highest BCUT2D eigenvalue weighted by atomic mass is 14.5. The summed E-state index contributed by atoms with van der Waals surface area (Å²) in [5, 5.41) is 0. The van der Waals surface area contributed by atoms with Gasteiger partial charge in [-0.15, -0.1) is 11.8 Å². The summed E-state index contributed by atoms with van der Waals surface area (Å²) in [4.78, 5) is 0. The highest BCUT2D eigenvalue weighted by Crippen LogP contribution is 1.64. The molecule has 1 nitrogen and oxygen atoms in total. The summed E-state index contributed by atoms with van der Waals surface area (Å²) >= 11 is 0. The minimum atomic E-state index is 0.431. The molecule has 0 rings (SSSR count). The van der Waals surface area contributed by atoms with E-state index >= 15 is 0 Å². The zero-order valence-corrected chi connectivity index (χ0v) is 3.91. The Bertz CT molecular complexity index is 65.7. The van der Waals surface area contributed by atoms with Crippen molar-refractivity contribution < 1.29 is 0 Å². The first-order valence-corrected chi connectivity index (χ1v) is 1.96. The van der Waals surface area contributed by atoms with Crippen LogP contribution >= 0.6 is 0 Å². The van der Waals surface area contributed by atoms with Gasteiger partial charge in [0.05, 0.1) is 0 Å². The Labute approximate surface area is 38.5 Å². The summed E-state index contributed by atoms with van der Waals surface area (Å²) in [6.07, 6.45) is 0.719. The molecule has 6 heavy (non-hydrogen) atoms. The zero-order valence-electron chi connectivity index (χ0n) is 3.91. The molecule has 33 valence electrons. The Kier molecular flexibility index (Phi) is 4.16.